The number of ether oxygens (including phenoxy) is 2. The maximum atomic E-state index is 11.7. The summed E-state index contributed by atoms with van der Waals surface area (Å²) in [4.78, 5) is 11.7. The fourth-order valence-corrected chi connectivity index (χ4v) is 1.51. The molecule has 0 fully saturated rings. The SMILES string of the molecule is CCOC(=O)c1c(C)ccc(C)c1OC. The van der Waals surface area contributed by atoms with Gasteiger partial charge in [0.2, 0.25) is 0 Å². The van der Waals surface area contributed by atoms with Gasteiger partial charge in [0, 0.05) is 0 Å². The van der Waals surface area contributed by atoms with Crippen LogP contribution in [0, 0.1) is 13.8 Å². The first kappa shape index (κ1) is 11.6. The van der Waals surface area contributed by atoms with E-state index in [4.69, 9.17) is 9.47 Å². The van der Waals surface area contributed by atoms with Crippen LogP contribution in [0.3, 0.4) is 0 Å². The maximum Gasteiger partial charge on any atom is 0.342 e. The molecule has 15 heavy (non-hydrogen) atoms. The molecule has 3 nitrogen and oxygen atoms in total. The van der Waals surface area contributed by atoms with Crippen LogP contribution < -0.4 is 4.74 Å². The van der Waals surface area contributed by atoms with Crippen LogP contribution in [-0.4, -0.2) is 19.7 Å². The molecule has 1 aromatic rings. The zero-order valence-electron chi connectivity index (χ0n) is 9.59. The molecule has 0 saturated heterocycles. The quantitative estimate of drug-likeness (QED) is 0.716. The van der Waals surface area contributed by atoms with E-state index < -0.39 is 0 Å². The average Bonchev–Trinajstić information content (AvgIpc) is 2.21. The molecule has 82 valence electrons. The van der Waals surface area contributed by atoms with E-state index in [1.54, 1.807) is 14.0 Å². The van der Waals surface area contributed by atoms with Crippen molar-refractivity contribution < 1.29 is 14.3 Å². The Balaban J connectivity index is 3.24. The van der Waals surface area contributed by atoms with Gasteiger partial charge in [-0.05, 0) is 31.9 Å². The molecule has 0 saturated carbocycles. The summed E-state index contributed by atoms with van der Waals surface area (Å²) in [6, 6.07) is 3.82. The van der Waals surface area contributed by atoms with E-state index >= 15 is 0 Å². The van der Waals surface area contributed by atoms with E-state index in [-0.39, 0.29) is 5.97 Å². The summed E-state index contributed by atoms with van der Waals surface area (Å²) in [5, 5.41) is 0. The number of esters is 1. The number of carbonyl (C=O) groups is 1. The molecule has 0 unspecified atom stereocenters. The zero-order valence-corrected chi connectivity index (χ0v) is 9.59. The van der Waals surface area contributed by atoms with E-state index in [0.29, 0.717) is 17.9 Å². The topological polar surface area (TPSA) is 35.5 Å². The van der Waals surface area contributed by atoms with Crippen molar-refractivity contribution in [2.24, 2.45) is 0 Å². The molecule has 1 aromatic carbocycles. The first-order valence-electron chi connectivity index (χ1n) is 4.93. The lowest BCUT2D eigenvalue weighted by Gasteiger charge is -2.12. The van der Waals surface area contributed by atoms with E-state index in [0.717, 1.165) is 11.1 Å². The number of benzene rings is 1. The van der Waals surface area contributed by atoms with Crippen molar-refractivity contribution in [3.63, 3.8) is 0 Å². The molecule has 0 aromatic heterocycles. The van der Waals surface area contributed by atoms with Crippen molar-refractivity contribution in [3.05, 3.63) is 28.8 Å². The molecular formula is C12H16O3. The highest BCUT2D eigenvalue weighted by atomic mass is 16.5. The first-order chi connectivity index (χ1) is 7.11. The summed E-state index contributed by atoms with van der Waals surface area (Å²) >= 11 is 0. The van der Waals surface area contributed by atoms with E-state index in [2.05, 4.69) is 0 Å². The molecule has 0 aliphatic heterocycles. The van der Waals surface area contributed by atoms with Crippen molar-refractivity contribution in [3.8, 4) is 5.75 Å². The molecule has 0 heterocycles. The van der Waals surface area contributed by atoms with Crippen LogP contribution in [0.1, 0.15) is 28.4 Å². The third-order valence-electron chi connectivity index (χ3n) is 2.25. The summed E-state index contributed by atoms with van der Waals surface area (Å²) < 4.78 is 10.2. The lowest BCUT2D eigenvalue weighted by Crippen LogP contribution is -2.09. The van der Waals surface area contributed by atoms with Gasteiger partial charge in [0.15, 0.2) is 0 Å². The largest absolute Gasteiger partial charge is 0.496 e. The van der Waals surface area contributed by atoms with Crippen molar-refractivity contribution in [2.75, 3.05) is 13.7 Å². The normalized spacial score (nSPS) is 9.87. The van der Waals surface area contributed by atoms with Gasteiger partial charge in [0.05, 0.1) is 13.7 Å². The van der Waals surface area contributed by atoms with Crippen molar-refractivity contribution in [1.29, 1.82) is 0 Å². The Labute approximate surface area is 90.0 Å². The molecule has 0 spiro atoms. The highest BCUT2D eigenvalue weighted by Crippen LogP contribution is 2.26. The molecule has 1 rings (SSSR count). The Morgan fingerprint density at radius 3 is 2.40 bits per heavy atom. The number of hydrogen-bond donors (Lipinski definition) is 0. The number of carbonyl (C=O) groups excluding carboxylic acids is 1. The summed E-state index contributed by atoms with van der Waals surface area (Å²) in [6.45, 7) is 5.93. The fourth-order valence-electron chi connectivity index (χ4n) is 1.51. The van der Waals surface area contributed by atoms with E-state index in [1.807, 2.05) is 26.0 Å². The maximum absolute atomic E-state index is 11.7. The number of hydrogen-bond acceptors (Lipinski definition) is 3. The molecule has 0 bridgehead atoms. The van der Waals surface area contributed by atoms with Gasteiger partial charge in [0.25, 0.3) is 0 Å². The van der Waals surface area contributed by atoms with Crippen LogP contribution in [0.25, 0.3) is 0 Å². The predicted octanol–water partition coefficient (Wildman–Crippen LogP) is 2.49. The van der Waals surface area contributed by atoms with Crippen molar-refractivity contribution in [1.82, 2.24) is 0 Å². The van der Waals surface area contributed by atoms with Crippen molar-refractivity contribution >= 4 is 5.97 Å². The Morgan fingerprint density at radius 1 is 1.27 bits per heavy atom. The van der Waals surface area contributed by atoms with Gasteiger partial charge in [-0.25, -0.2) is 4.79 Å². The Hall–Kier alpha value is -1.51. The number of rotatable bonds is 3. The van der Waals surface area contributed by atoms with Crippen LogP contribution >= 0.6 is 0 Å². The van der Waals surface area contributed by atoms with Crippen LogP contribution in [0.15, 0.2) is 12.1 Å². The van der Waals surface area contributed by atoms with Crippen LogP contribution in [0.4, 0.5) is 0 Å². The lowest BCUT2D eigenvalue weighted by atomic mass is 10.0. The zero-order chi connectivity index (χ0) is 11.4. The highest BCUT2D eigenvalue weighted by molar-refractivity contribution is 5.94. The molecular weight excluding hydrogens is 192 g/mol. The van der Waals surface area contributed by atoms with Gasteiger partial charge in [-0.1, -0.05) is 12.1 Å². The summed E-state index contributed by atoms with van der Waals surface area (Å²) in [5.74, 6) is 0.281. The minimum Gasteiger partial charge on any atom is -0.496 e. The van der Waals surface area contributed by atoms with Crippen LogP contribution in [-0.2, 0) is 4.74 Å². The Kier molecular flexibility index (Phi) is 3.72. The second-order valence-electron chi connectivity index (χ2n) is 3.33. The minimum atomic E-state index is -0.324. The summed E-state index contributed by atoms with van der Waals surface area (Å²) in [6.07, 6.45) is 0. The second kappa shape index (κ2) is 4.82. The van der Waals surface area contributed by atoms with Gasteiger partial charge in [-0.2, -0.15) is 0 Å². The Bertz CT molecular complexity index is 369. The minimum absolute atomic E-state index is 0.324. The molecule has 0 radical (unpaired) electrons. The van der Waals surface area contributed by atoms with Crippen LogP contribution in [0.5, 0.6) is 5.75 Å². The summed E-state index contributed by atoms with van der Waals surface area (Å²) in [7, 11) is 1.56. The molecule has 0 aliphatic carbocycles. The van der Waals surface area contributed by atoms with E-state index in [9.17, 15) is 4.79 Å². The second-order valence-corrected chi connectivity index (χ2v) is 3.33. The van der Waals surface area contributed by atoms with Crippen molar-refractivity contribution in [2.45, 2.75) is 20.8 Å². The predicted molar refractivity (Wildman–Crippen MR) is 58.4 cm³/mol. The van der Waals surface area contributed by atoms with Gasteiger partial charge >= 0.3 is 5.97 Å². The smallest absolute Gasteiger partial charge is 0.342 e. The van der Waals surface area contributed by atoms with Gasteiger partial charge < -0.3 is 9.47 Å². The monoisotopic (exact) mass is 208 g/mol. The average molecular weight is 208 g/mol. The number of methoxy groups -OCH3 is 1. The van der Waals surface area contributed by atoms with Crippen LogP contribution in [0.2, 0.25) is 0 Å². The Morgan fingerprint density at radius 2 is 1.87 bits per heavy atom. The molecule has 0 atom stereocenters. The third kappa shape index (κ3) is 2.29. The first-order valence-corrected chi connectivity index (χ1v) is 4.93. The van der Waals surface area contributed by atoms with Gasteiger partial charge in [-0.3, -0.25) is 0 Å². The third-order valence-corrected chi connectivity index (χ3v) is 2.25. The molecule has 3 heteroatoms. The molecule has 0 aliphatic rings. The van der Waals surface area contributed by atoms with E-state index in [1.165, 1.54) is 0 Å². The fraction of sp³-hybridized carbons (Fsp3) is 0.417. The molecule has 0 N–H and O–H groups in total. The summed E-state index contributed by atoms with van der Waals surface area (Å²) in [5.41, 5.74) is 2.33. The number of aryl methyl sites for hydroxylation is 2. The van der Waals surface area contributed by atoms with Gasteiger partial charge in [-0.15, -0.1) is 0 Å². The molecule has 0 amide bonds. The highest BCUT2D eigenvalue weighted by Gasteiger charge is 2.17. The standard InChI is InChI=1S/C12H16O3/c1-5-15-12(13)10-8(2)6-7-9(3)11(10)14-4/h6-7H,5H2,1-4H3. The lowest BCUT2D eigenvalue weighted by molar-refractivity contribution is 0.0521. The van der Waals surface area contributed by atoms with Gasteiger partial charge in [0.1, 0.15) is 11.3 Å².